The summed E-state index contributed by atoms with van der Waals surface area (Å²) in [5.74, 6) is 0.404. The van der Waals surface area contributed by atoms with Crippen LogP contribution in [0.4, 0.5) is 0 Å². The van der Waals surface area contributed by atoms with E-state index in [1.54, 1.807) is 24.3 Å². The lowest BCUT2D eigenvalue weighted by Crippen LogP contribution is -2.60. The van der Waals surface area contributed by atoms with Gasteiger partial charge in [-0.1, -0.05) is 24.3 Å². The van der Waals surface area contributed by atoms with E-state index in [0.29, 0.717) is 11.1 Å². The number of aromatic nitrogens is 2. The van der Waals surface area contributed by atoms with Gasteiger partial charge in [0.1, 0.15) is 24.4 Å². The first-order valence-corrected chi connectivity index (χ1v) is 10.2. The average Bonchev–Trinajstić information content (AvgIpc) is 3.28. The summed E-state index contributed by atoms with van der Waals surface area (Å²) in [5.41, 5.74) is 2.11. The lowest BCUT2D eigenvalue weighted by atomic mass is 9.99. The molecule has 0 radical (unpaired) electrons. The number of hydrogen-bond donors (Lipinski definition) is 5. The normalized spacial score (nSPS) is 25.4. The standard InChI is InChI=1S/C23H24N2O8/c1-31-17-10-12(6-8-15(27)22-24-13-4-2-3-5-14(13)25-22)7-9-16(17)32-23-21(30)20(29)19(28)18(11-26)33-23/h2-10,18-21,23,26,28-30H,11H2,1H3,(H,24,25)/b8-6+/t18-,19+,20+,21-,23-/m1/s1. The number of nitrogens with one attached hydrogen (secondary N) is 1. The number of hydrogen-bond acceptors (Lipinski definition) is 9. The van der Waals surface area contributed by atoms with E-state index in [1.807, 2.05) is 24.3 Å². The van der Waals surface area contributed by atoms with Crippen LogP contribution in [0.2, 0.25) is 0 Å². The number of rotatable bonds is 7. The third kappa shape index (κ3) is 4.75. The molecular weight excluding hydrogens is 432 g/mol. The molecule has 3 aromatic rings. The van der Waals surface area contributed by atoms with Crippen LogP contribution < -0.4 is 9.47 Å². The third-order valence-electron chi connectivity index (χ3n) is 5.33. The Bertz CT molecular complexity index is 1130. The predicted molar refractivity (Wildman–Crippen MR) is 117 cm³/mol. The van der Waals surface area contributed by atoms with E-state index in [2.05, 4.69) is 9.97 Å². The topological polar surface area (TPSA) is 154 Å². The van der Waals surface area contributed by atoms with Crippen LogP contribution in [-0.4, -0.2) is 80.6 Å². The molecule has 1 saturated heterocycles. The van der Waals surface area contributed by atoms with E-state index >= 15 is 0 Å². The number of fused-ring (bicyclic) bond motifs is 1. The molecule has 1 aliphatic heterocycles. The second-order valence-electron chi connectivity index (χ2n) is 7.53. The monoisotopic (exact) mass is 456 g/mol. The summed E-state index contributed by atoms with van der Waals surface area (Å²) in [7, 11) is 1.42. The summed E-state index contributed by atoms with van der Waals surface area (Å²) in [6, 6.07) is 12.2. The molecule has 0 bridgehead atoms. The Labute approximate surface area is 188 Å². The van der Waals surface area contributed by atoms with Crippen molar-refractivity contribution in [3.8, 4) is 11.5 Å². The van der Waals surface area contributed by atoms with Gasteiger partial charge in [0.25, 0.3) is 0 Å². The van der Waals surface area contributed by atoms with Crippen LogP contribution in [0.1, 0.15) is 16.2 Å². The maximum Gasteiger partial charge on any atom is 0.229 e. The molecule has 0 aliphatic carbocycles. The third-order valence-corrected chi connectivity index (χ3v) is 5.33. The summed E-state index contributed by atoms with van der Waals surface area (Å²) in [5, 5.41) is 39.3. The molecule has 10 nitrogen and oxygen atoms in total. The highest BCUT2D eigenvalue weighted by atomic mass is 16.7. The van der Waals surface area contributed by atoms with Gasteiger partial charge in [0.15, 0.2) is 17.3 Å². The Morgan fingerprint density at radius 2 is 1.91 bits per heavy atom. The number of aromatic amines is 1. The fraction of sp³-hybridized carbons (Fsp3) is 0.304. The van der Waals surface area contributed by atoms with Gasteiger partial charge < -0.3 is 39.6 Å². The number of H-pyrrole nitrogens is 1. The van der Waals surface area contributed by atoms with Gasteiger partial charge in [0, 0.05) is 0 Å². The number of carbonyl (C=O) groups excluding carboxylic acids is 1. The minimum absolute atomic E-state index is 0.197. The number of benzene rings is 2. The van der Waals surface area contributed by atoms with Gasteiger partial charge >= 0.3 is 0 Å². The number of para-hydroxylation sites is 2. The van der Waals surface area contributed by atoms with Gasteiger partial charge in [-0.25, -0.2) is 4.98 Å². The van der Waals surface area contributed by atoms with E-state index in [1.165, 1.54) is 13.2 Å². The molecule has 33 heavy (non-hydrogen) atoms. The molecule has 1 aromatic heterocycles. The van der Waals surface area contributed by atoms with Crippen LogP contribution in [0.15, 0.2) is 48.5 Å². The van der Waals surface area contributed by atoms with Crippen molar-refractivity contribution >= 4 is 22.9 Å². The summed E-state index contributed by atoms with van der Waals surface area (Å²) in [6.07, 6.45) is -4.05. The lowest BCUT2D eigenvalue weighted by molar-refractivity contribution is -0.277. The lowest BCUT2D eigenvalue weighted by Gasteiger charge is -2.39. The van der Waals surface area contributed by atoms with E-state index in [-0.39, 0.29) is 23.1 Å². The number of methoxy groups -OCH3 is 1. The van der Waals surface area contributed by atoms with Crippen molar-refractivity contribution in [2.24, 2.45) is 0 Å². The number of imidazole rings is 1. The molecule has 1 aliphatic rings. The molecule has 1 fully saturated rings. The number of ketones is 1. The van der Waals surface area contributed by atoms with Gasteiger partial charge in [-0.2, -0.15) is 0 Å². The predicted octanol–water partition coefficient (Wildman–Crippen LogP) is 0.646. The molecule has 10 heteroatoms. The molecule has 0 saturated carbocycles. The smallest absolute Gasteiger partial charge is 0.229 e. The Morgan fingerprint density at radius 3 is 2.64 bits per heavy atom. The van der Waals surface area contributed by atoms with Gasteiger partial charge in [-0.15, -0.1) is 0 Å². The Hall–Kier alpha value is -3.28. The molecule has 0 unspecified atom stereocenters. The zero-order valence-electron chi connectivity index (χ0n) is 17.7. The molecule has 0 spiro atoms. The quantitative estimate of drug-likeness (QED) is 0.255. The van der Waals surface area contributed by atoms with Crippen molar-refractivity contribution < 1.29 is 39.4 Å². The summed E-state index contributed by atoms with van der Waals surface area (Å²) < 4.78 is 16.3. The number of carbonyl (C=O) groups is 1. The van der Waals surface area contributed by atoms with E-state index in [9.17, 15) is 25.2 Å². The van der Waals surface area contributed by atoms with E-state index < -0.39 is 37.3 Å². The number of allylic oxidation sites excluding steroid dienone is 1. The first-order chi connectivity index (χ1) is 15.9. The van der Waals surface area contributed by atoms with Crippen LogP contribution in [0.5, 0.6) is 11.5 Å². The SMILES string of the molecule is COc1cc(/C=C/C(=O)c2nc3ccccc3[nH]2)ccc1O[C@@H]1O[C@H](CO)[C@H](O)[C@H](O)[C@H]1O. The van der Waals surface area contributed by atoms with Gasteiger partial charge in [0.05, 0.1) is 24.8 Å². The largest absolute Gasteiger partial charge is 0.493 e. The van der Waals surface area contributed by atoms with Crippen LogP contribution in [0.25, 0.3) is 17.1 Å². The van der Waals surface area contributed by atoms with Crippen LogP contribution in [0, 0.1) is 0 Å². The maximum absolute atomic E-state index is 12.5. The molecule has 174 valence electrons. The molecular formula is C23H24N2O8. The van der Waals surface area contributed by atoms with Crippen molar-refractivity contribution in [3.05, 3.63) is 59.9 Å². The number of aliphatic hydroxyl groups excluding tert-OH is 4. The fourth-order valence-corrected chi connectivity index (χ4v) is 3.50. The highest BCUT2D eigenvalue weighted by molar-refractivity contribution is 6.05. The molecule has 2 aromatic carbocycles. The Balaban J connectivity index is 1.49. The molecule has 5 atom stereocenters. The summed E-state index contributed by atoms with van der Waals surface area (Å²) >= 11 is 0. The van der Waals surface area contributed by atoms with Gasteiger partial charge in [-0.3, -0.25) is 4.79 Å². The fourth-order valence-electron chi connectivity index (χ4n) is 3.50. The molecule has 0 amide bonds. The Morgan fingerprint density at radius 1 is 1.12 bits per heavy atom. The first-order valence-electron chi connectivity index (χ1n) is 10.2. The number of ether oxygens (including phenoxy) is 3. The average molecular weight is 456 g/mol. The number of nitrogens with zero attached hydrogens (tertiary/aromatic N) is 1. The summed E-state index contributed by atoms with van der Waals surface area (Å²) in [6.45, 7) is -0.565. The highest BCUT2D eigenvalue weighted by Gasteiger charge is 2.44. The van der Waals surface area contributed by atoms with Crippen molar-refractivity contribution in [2.75, 3.05) is 13.7 Å². The van der Waals surface area contributed by atoms with Gasteiger partial charge in [0.2, 0.25) is 12.1 Å². The molecule has 5 N–H and O–H groups in total. The molecule has 4 rings (SSSR count). The zero-order chi connectivity index (χ0) is 23.5. The van der Waals surface area contributed by atoms with E-state index in [0.717, 1.165) is 5.52 Å². The van der Waals surface area contributed by atoms with Crippen LogP contribution >= 0.6 is 0 Å². The van der Waals surface area contributed by atoms with Crippen molar-refractivity contribution in [1.29, 1.82) is 0 Å². The number of aliphatic hydroxyl groups is 4. The van der Waals surface area contributed by atoms with E-state index in [4.69, 9.17) is 14.2 Å². The van der Waals surface area contributed by atoms with Crippen molar-refractivity contribution in [1.82, 2.24) is 9.97 Å². The highest BCUT2D eigenvalue weighted by Crippen LogP contribution is 2.32. The minimum atomic E-state index is -1.56. The van der Waals surface area contributed by atoms with Crippen LogP contribution in [0.3, 0.4) is 0 Å². The van der Waals surface area contributed by atoms with Gasteiger partial charge in [-0.05, 0) is 35.9 Å². The maximum atomic E-state index is 12.5. The zero-order valence-corrected chi connectivity index (χ0v) is 17.7. The first kappa shape index (κ1) is 22.9. The van der Waals surface area contributed by atoms with Crippen LogP contribution in [-0.2, 0) is 4.74 Å². The Kier molecular flexibility index (Phi) is 6.72. The second-order valence-corrected chi connectivity index (χ2v) is 7.53. The summed E-state index contributed by atoms with van der Waals surface area (Å²) in [4.78, 5) is 19.7. The second kappa shape index (κ2) is 9.69. The van der Waals surface area contributed by atoms with Crippen molar-refractivity contribution in [3.63, 3.8) is 0 Å². The minimum Gasteiger partial charge on any atom is -0.493 e. The molecule has 2 heterocycles. The van der Waals surface area contributed by atoms with Crippen molar-refractivity contribution in [2.45, 2.75) is 30.7 Å².